The first kappa shape index (κ1) is 8.89. The third-order valence-corrected chi connectivity index (χ3v) is 1.27. The van der Waals surface area contributed by atoms with Gasteiger partial charge in [-0.05, 0) is 6.42 Å². The highest BCUT2D eigenvalue weighted by molar-refractivity contribution is 4.68. The first-order valence-corrected chi connectivity index (χ1v) is 3.19. The van der Waals surface area contributed by atoms with Gasteiger partial charge < -0.3 is 0 Å². The quantitative estimate of drug-likeness (QED) is 0.338. The lowest BCUT2D eigenvalue weighted by atomic mass is 10.1. The number of hydrogen-bond donors (Lipinski definition) is 0. The Hall–Kier alpha value is -1.11. The van der Waals surface area contributed by atoms with Crippen molar-refractivity contribution in [1.82, 2.24) is 0 Å². The lowest BCUT2D eigenvalue weighted by Crippen LogP contribution is -2.14. The highest BCUT2D eigenvalue weighted by Crippen LogP contribution is 2.01. The van der Waals surface area contributed by atoms with E-state index >= 15 is 0 Å². The van der Waals surface area contributed by atoms with E-state index in [2.05, 4.69) is 0 Å². The molecule has 0 aromatic carbocycles. The van der Waals surface area contributed by atoms with Gasteiger partial charge in [0, 0.05) is 24.7 Å². The Labute approximate surface area is 59.6 Å². The van der Waals surface area contributed by atoms with Crippen LogP contribution in [0.1, 0.15) is 26.2 Å². The average Bonchev–Trinajstić information content (AvgIpc) is 1.88. The van der Waals surface area contributed by atoms with Crippen molar-refractivity contribution in [1.29, 1.82) is 5.26 Å². The summed E-state index contributed by atoms with van der Waals surface area (Å²) in [4.78, 5) is 9.69. The summed E-state index contributed by atoms with van der Waals surface area (Å²) in [7, 11) is 0. The number of nitrogens with zero attached hydrogens (tertiary/aromatic N) is 2. The van der Waals surface area contributed by atoms with Crippen molar-refractivity contribution in [3.05, 3.63) is 10.1 Å². The van der Waals surface area contributed by atoms with E-state index in [4.69, 9.17) is 5.26 Å². The Morgan fingerprint density at radius 2 is 2.40 bits per heavy atom. The van der Waals surface area contributed by atoms with Gasteiger partial charge in [-0.2, -0.15) is 5.26 Å². The van der Waals surface area contributed by atoms with Gasteiger partial charge >= 0.3 is 0 Å². The summed E-state index contributed by atoms with van der Waals surface area (Å²) < 4.78 is 0. The van der Waals surface area contributed by atoms with E-state index in [0.717, 1.165) is 0 Å². The van der Waals surface area contributed by atoms with Crippen LogP contribution in [0.15, 0.2) is 0 Å². The van der Waals surface area contributed by atoms with Crippen LogP contribution in [0, 0.1) is 21.4 Å². The molecule has 1 atom stereocenters. The largest absolute Gasteiger partial charge is 0.264 e. The second kappa shape index (κ2) is 4.74. The molecule has 0 saturated heterocycles. The van der Waals surface area contributed by atoms with Gasteiger partial charge in [0.1, 0.15) is 0 Å². The maximum absolute atomic E-state index is 10.0. The third kappa shape index (κ3) is 3.84. The molecule has 0 aliphatic heterocycles. The summed E-state index contributed by atoms with van der Waals surface area (Å²) in [5, 5.41) is 18.1. The van der Waals surface area contributed by atoms with Crippen molar-refractivity contribution < 1.29 is 4.92 Å². The fourth-order valence-corrected chi connectivity index (χ4v) is 0.582. The minimum Gasteiger partial charge on any atom is -0.264 e. The summed E-state index contributed by atoms with van der Waals surface area (Å²) in [6, 6.07) is 1.43. The lowest BCUT2D eigenvalue weighted by Gasteiger charge is -1.99. The van der Waals surface area contributed by atoms with E-state index in [1.165, 1.54) is 0 Å². The SMILES string of the molecule is C[C@H](CCCC#N)[N+](=O)[O-]. The van der Waals surface area contributed by atoms with Crippen molar-refractivity contribution in [2.45, 2.75) is 32.2 Å². The predicted octanol–water partition coefficient (Wildman–Crippen LogP) is 1.35. The van der Waals surface area contributed by atoms with E-state index in [9.17, 15) is 10.1 Å². The lowest BCUT2D eigenvalue weighted by molar-refractivity contribution is -0.518. The molecule has 0 radical (unpaired) electrons. The molecule has 0 unspecified atom stereocenters. The van der Waals surface area contributed by atoms with Crippen molar-refractivity contribution in [3.63, 3.8) is 0 Å². The van der Waals surface area contributed by atoms with Gasteiger partial charge in [-0.3, -0.25) is 10.1 Å². The smallest absolute Gasteiger partial charge is 0.210 e. The molecular formula is C6H10N2O2. The molecule has 0 rings (SSSR count). The molecule has 0 aliphatic rings. The van der Waals surface area contributed by atoms with Gasteiger partial charge in [0.05, 0.1) is 6.07 Å². The van der Waals surface area contributed by atoms with Gasteiger partial charge in [0.25, 0.3) is 0 Å². The number of unbranched alkanes of at least 4 members (excludes halogenated alkanes) is 1. The van der Waals surface area contributed by atoms with Gasteiger partial charge in [0.2, 0.25) is 6.04 Å². The molecule has 0 heterocycles. The van der Waals surface area contributed by atoms with E-state index in [1.54, 1.807) is 6.92 Å². The first-order valence-electron chi connectivity index (χ1n) is 3.19. The summed E-state index contributed by atoms with van der Waals surface area (Å²) in [6.45, 7) is 1.55. The second-order valence-electron chi connectivity index (χ2n) is 2.18. The normalized spacial score (nSPS) is 12.0. The molecule has 0 saturated carbocycles. The molecule has 4 nitrogen and oxygen atoms in total. The molecule has 0 aromatic rings. The molecule has 0 fully saturated rings. The van der Waals surface area contributed by atoms with Crippen LogP contribution >= 0.6 is 0 Å². The molecule has 0 spiro atoms. The molecule has 0 bridgehead atoms. The summed E-state index contributed by atoms with van der Waals surface area (Å²) in [5.41, 5.74) is 0. The Kier molecular flexibility index (Phi) is 4.21. The Morgan fingerprint density at radius 1 is 1.80 bits per heavy atom. The van der Waals surface area contributed by atoms with Crippen LogP contribution in [0.3, 0.4) is 0 Å². The van der Waals surface area contributed by atoms with Crippen LogP contribution < -0.4 is 0 Å². The maximum Gasteiger partial charge on any atom is 0.210 e. The average molecular weight is 142 g/mol. The van der Waals surface area contributed by atoms with Crippen LogP contribution in [0.4, 0.5) is 0 Å². The fraction of sp³-hybridized carbons (Fsp3) is 0.833. The third-order valence-electron chi connectivity index (χ3n) is 1.27. The molecule has 56 valence electrons. The molecular weight excluding hydrogens is 132 g/mol. The monoisotopic (exact) mass is 142 g/mol. The van der Waals surface area contributed by atoms with Crippen LogP contribution in [0.25, 0.3) is 0 Å². The van der Waals surface area contributed by atoms with Gasteiger partial charge in [-0.25, -0.2) is 0 Å². The van der Waals surface area contributed by atoms with E-state index in [0.29, 0.717) is 19.3 Å². The number of nitro groups is 1. The summed E-state index contributed by atoms with van der Waals surface area (Å²) in [6.07, 6.45) is 1.54. The zero-order valence-electron chi connectivity index (χ0n) is 5.91. The minimum absolute atomic E-state index is 0.322. The van der Waals surface area contributed by atoms with E-state index < -0.39 is 6.04 Å². The van der Waals surface area contributed by atoms with Crippen molar-refractivity contribution in [2.75, 3.05) is 0 Å². The molecule has 0 N–H and O–H groups in total. The second-order valence-corrected chi connectivity index (χ2v) is 2.18. The van der Waals surface area contributed by atoms with Crippen LogP contribution in [0.2, 0.25) is 0 Å². The minimum atomic E-state index is -0.506. The van der Waals surface area contributed by atoms with Crippen LogP contribution in [-0.2, 0) is 0 Å². The van der Waals surface area contributed by atoms with Gasteiger partial charge in [0.15, 0.2) is 0 Å². The number of nitriles is 1. The molecule has 10 heavy (non-hydrogen) atoms. The van der Waals surface area contributed by atoms with Gasteiger partial charge in [-0.1, -0.05) is 0 Å². The fourth-order valence-electron chi connectivity index (χ4n) is 0.582. The molecule has 0 aromatic heterocycles. The van der Waals surface area contributed by atoms with Crippen molar-refractivity contribution >= 4 is 0 Å². The number of hydrogen-bond acceptors (Lipinski definition) is 3. The number of rotatable bonds is 4. The molecule has 4 heteroatoms. The summed E-state index contributed by atoms with van der Waals surface area (Å²) >= 11 is 0. The van der Waals surface area contributed by atoms with Gasteiger partial charge in [-0.15, -0.1) is 0 Å². The topological polar surface area (TPSA) is 66.9 Å². The summed E-state index contributed by atoms with van der Waals surface area (Å²) in [5.74, 6) is 0. The molecule has 0 amide bonds. The van der Waals surface area contributed by atoms with Crippen LogP contribution in [-0.4, -0.2) is 11.0 Å². The first-order chi connectivity index (χ1) is 4.68. The molecule has 0 aliphatic carbocycles. The zero-order chi connectivity index (χ0) is 7.98. The maximum atomic E-state index is 10.0. The zero-order valence-corrected chi connectivity index (χ0v) is 5.91. The van der Waals surface area contributed by atoms with E-state index in [1.807, 2.05) is 6.07 Å². The highest BCUT2D eigenvalue weighted by atomic mass is 16.6. The predicted molar refractivity (Wildman–Crippen MR) is 35.9 cm³/mol. The van der Waals surface area contributed by atoms with Crippen molar-refractivity contribution in [3.8, 4) is 6.07 Å². The highest BCUT2D eigenvalue weighted by Gasteiger charge is 2.10. The Morgan fingerprint density at radius 3 is 2.80 bits per heavy atom. The standard InChI is InChI=1S/C6H10N2O2/c1-6(8(9)10)4-2-3-5-7/h6H,2-4H2,1H3/t6-/m1/s1. The Balaban J connectivity index is 3.32. The van der Waals surface area contributed by atoms with E-state index in [-0.39, 0.29) is 4.92 Å². The van der Waals surface area contributed by atoms with Crippen LogP contribution in [0.5, 0.6) is 0 Å². The van der Waals surface area contributed by atoms with Crippen molar-refractivity contribution in [2.24, 2.45) is 0 Å². The Bertz CT molecular complexity index is 150.